The number of rotatable bonds is 4. The van der Waals surface area contributed by atoms with E-state index in [4.69, 9.17) is 9.84 Å². The molecule has 0 aliphatic heterocycles. The lowest BCUT2D eigenvalue weighted by molar-refractivity contribution is -0.141. The van der Waals surface area contributed by atoms with Crippen molar-refractivity contribution in [2.75, 3.05) is 6.54 Å². The Balaban J connectivity index is 4.05. The van der Waals surface area contributed by atoms with Gasteiger partial charge in [0, 0.05) is 6.54 Å². The largest absolute Gasteiger partial charge is 0.481 e. The number of carboxylic acids is 1. The van der Waals surface area contributed by atoms with Crippen LogP contribution >= 0.6 is 0 Å². The minimum Gasteiger partial charge on any atom is -0.481 e. The number of aliphatic hydroxyl groups is 1. The van der Waals surface area contributed by atoms with Gasteiger partial charge in [-0.15, -0.1) is 0 Å². The third kappa shape index (κ3) is 8.05. The van der Waals surface area contributed by atoms with Crippen molar-refractivity contribution in [2.45, 2.75) is 45.3 Å². The summed E-state index contributed by atoms with van der Waals surface area (Å²) in [5, 5.41) is 20.4. The third-order valence-corrected chi connectivity index (χ3v) is 1.54. The Kier molecular flexibility index (Phi) is 4.74. The van der Waals surface area contributed by atoms with Crippen LogP contribution < -0.4 is 5.32 Å². The Morgan fingerprint density at radius 3 is 2.12 bits per heavy atom. The van der Waals surface area contributed by atoms with Gasteiger partial charge in [-0.3, -0.25) is 4.79 Å². The molecule has 0 aromatic rings. The normalized spacial score (nSPS) is 15.1. The molecular formula is C10H19NO5. The zero-order chi connectivity index (χ0) is 13.0. The van der Waals surface area contributed by atoms with Gasteiger partial charge in [-0.25, -0.2) is 4.79 Å². The van der Waals surface area contributed by atoms with Crippen LogP contribution in [0.5, 0.6) is 0 Å². The molecule has 16 heavy (non-hydrogen) atoms. The highest BCUT2D eigenvalue weighted by Crippen LogP contribution is 2.09. The number of carboxylic acid groups (broad SMARTS) is 1. The molecule has 1 atom stereocenters. The number of nitrogens with one attached hydrogen (secondary N) is 1. The van der Waals surface area contributed by atoms with E-state index in [2.05, 4.69) is 5.32 Å². The molecule has 1 unspecified atom stereocenters. The van der Waals surface area contributed by atoms with E-state index in [9.17, 15) is 14.7 Å². The van der Waals surface area contributed by atoms with Gasteiger partial charge in [-0.1, -0.05) is 0 Å². The molecule has 0 aliphatic rings. The molecule has 0 saturated heterocycles. The number of carbonyl (C=O) groups excluding carboxylic acids is 1. The maximum Gasteiger partial charge on any atom is 0.407 e. The highest BCUT2D eigenvalue weighted by molar-refractivity contribution is 5.69. The van der Waals surface area contributed by atoms with Crippen LogP contribution in [0.2, 0.25) is 0 Å². The second kappa shape index (κ2) is 5.16. The second-order valence-electron chi connectivity index (χ2n) is 4.92. The predicted molar refractivity (Wildman–Crippen MR) is 57.1 cm³/mol. The van der Waals surface area contributed by atoms with E-state index in [1.807, 2.05) is 0 Å². The molecule has 0 saturated carbocycles. The maximum absolute atomic E-state index is 11.2. The van der Waals surface area contributed by atoms with Gasteiger partial charge < -0.3 is 20.3 Å². The molecule has 0 aromatic heterocycles. The highest BCUT2D eigenvalue weighted by Gasteiger charge is 2.26. The molecule has 1 amide bonds. The van der Waals surface area contributed by atoms with Gasteiger partial charge >= 0.3 is 12.1 Å². The fraction of sp³-hybridized carbons (Fsp3) is 0.800. The number of hydrogen-bond acceptors (Lipinski definition) is 4. The van der Waals surface area contributed by atoms with E-state index in [0.29, 0.717) is 0 Å². The fourth-order valence-corrected chi connectivity index (χ4v) is 0.965. The zero-order valence-electron chi connectivity index (χ0n) is 10.0. The van der Waals surface area contributed by atoms with Crippen molar-refractivity contribution >= 4 is 12.1 Å². The monoisotopic (exact) mass is 233 g/mol. The lowest BCUT2D eigenvalue weighted by Gasteiger charge is -2.24. The van der Waals surface area contributed by atoms with E-state index >= 15 is 0 Å². The molecule has 0 spiro atoms. The third-order valence-electron chi connectivity index (χ3n) is 1.54. The molecule has 94 valence electrons. The van der Waals surface area contributed by atoms with Crippen LogP contribution in [0.15, 0.2) is 0 Å². The first-order valence-corrected chi connectivity index (χ1v) is 4.93. The van der Waals surface area contributed by atoms with E-state index < -0.39 is 29.7 Å². The summed E-state index contributed by atoms with van der Waals surface area (Å²) in [4.78, 5) is 21.6. The molecule has 0 fully saturated rings. The van der Waals surface area contributed by atoms with E-state index in [-0.39, 0.29) is 6.54 Å². The number of ether oxygens (including phenoxy) is 1. The van der Waals surface area contributed by atoms with Crippen molar-refractivity contribution in [3.8, 4) is 0 Å². The van der Waals surface area contributed by atoms with Gasteiger partial charge in [0.05, 0.1) is 12.0 Å². The van der Waals surface area contributed by atoms with Crippen LogP contribution in [0.3, 0.4) is 0 Å². The molecule has 6 heteroatoms. The van der Waals surface area contributed by atoms with Gasteiger partial charge in [-0.05, 0) is 27.7 Å². The second-order valence-corrected chi connectivity index (χ2v) is 4.92. The van der Waals surface area contributed by atoms with Crippen molar-refractivity contribution in [1.82, 2.24) is 5.32 Å². The van der Waals surface area contributed by atoms with Gasteiger partial charge in [-0.2, -0.15) is 0 Å². The van der Waals surface area contributed by atoms with Crippen molar-refractivity contribution in [2.24, 2.45) is 0 Å². The zero-order valence-corrected chi connectivity index (χ0v) is 10.0. The van der Waals surface area contributed by atoms with Crippen molar-refractivity contribution in [3.05, 3.63) is 0 Å². The molecule has 0 aliphatic carbocycles. The first-order chi connectivity index (χ1) is 7.02. The number of aliphatic carboxylic acids is 1. The Morgan fingerprint density at radius 1 is 1.25 bits per heavy atom. The number of amides is 1. The Morgan fingerprint density at radius 2 is 1.75 bits per heavy atom. The van der Waals surface area contributed by atoms with Crippen molar-refractivity contribution in [3.63, 3.8) is 0 Å². The summed E-state index contributed by atoms with van der Waals surface area (Å²) in [7, 11) is 0. The standard InChI is InChI=1S/C10H19NO5/c1-9(2,3)16-8(14)11-6-10(4,15)5-7(12)13/h15H,5-6H2,1-4H3,(H,11,14)(H,12,13). The lowest BCUT2D eigenvalue weighted by atomic mass is 10.0. The van der Waals surface area contributed by atoms with Crippen LogP contribution in [-0.2, 0) is 9.53 Å². The molecule has 0 bridgehead atoms. The van der Waals surface area contributed by atoms with E-state index in [1.165, 1.54) is 6.92 Å². The number of carbonyl (C=O) groups is 2. The van der Waals surface area contributed by atoms with E-state index in [1.54, 1.807) is 20.8 Å². The Labute approximate surface area is 94.6 Å². The first kappa shape index (κ1) is 14.7. The minimum absolute atomic E-state index is 0.172. The van der Waals surface area contributed by atoms with Crippen LogP contribution in [-0.4, -0.2) is 40.0 Å². The number of hydrogen-bond donors (Lipinski definition) is 3. The van der Waals surface area contributed by atoms with Crippen LogP contribution in [0.1, 0.15) is 34.1 Å². The van der Waals surface area contributed by atoms with Gasteiger partial charge in [0.1, 0.15) is 5.60 Å². The molecular weight excluding hydrogens is 214 g/mol. The van der Waals surface area contributed by atoms with Crippen molar-refractivity contribution in [1.29, 1.82) is 0 Å². The minimum atomic E-state index is -1.48. The van der Waals surface area contributed by atoms with Gasteiger partial charge in [0.25, 0.3) is 0 Å². The van der Waals surface area contributed by atoms with E-state index in [0.717, 1.165) is 0 Å². The quantitative estimate of drug-likeness (QED) is 0.665. The summed E-state index contributed by atoms with van der Waals surface area (Å²) >= 11 is 0. The summed E-state index contributed by atoms with van der Waals surface area (Å²) < 4.78 is 4.93. The maximum atomic E-state index is 11.2. The summed E-state index contributed by atoms with van der Waals surface area (Å²) in [6, 6.07) is 0. The van der Waals surface area contributed by atoms with Gasteiger partial charge in [0.2, 0.25) is 0 Å². The Bertz CT molecular complexity index is 267. The molecule has 3 N–H and O–H groups in total. The summed E-state index contributed by atoms with van der Waals surface area (Å²) in [6.45, 7) is 6.29. The molecule has 0 heterocycles. The highest BCUT2D eigenvalue weighted by atomic mass is 16.6. The molecule has 0 rings (SSSR count). The predicted octanol–water partition coefficient (Wildman–Crippen LogP) is 0.737. The first-order valence-electron chi connectivity index (χ1n) is 4.93. The summed E-state index contributed by atoms with van der Waals surface area (Å²) in [6.07, 6.45) is -1.12. The molecule has 0 radical (unpaired) electrons. The summed E-state index contributed by atoms with van der Waals surface area (Å²) in [5.41, 5.74) is -2.11. The lowest BCUT2D eigenvalue weighted by Crippen LogP contribution is -2.43. The van der Waals surface area contributed by atoms with Crippen molar-refractivity contribution < 1.29 is 24.5 Å². The topological polar surface area (TPSA) is 95.9 Å². The van der Waals surface area contributed by atoms with Gasteiger partial charge in [0.15, 0.2) is 0 Å². The smallest absolute Gasteiger partial charge is 0.407 e. The van der Waals surface area contributed by atoms with Crippen LogP contribution in [0.25, 0.3) is 0 Å². The fourth-order valence-electron chi connectivity index (χ4n) is 0.965. The Hall–Kier alpha value is -1.30. The average Bonchev–Trinajstić information content (AvgIpc) is 1.95. The van der Waals surface area contributed by atoms with Crippen LogP contribution in [0.4, 0.5) is 4.79 Å². The number of alkyl carbamates (subject to hydrolysis) is 1. The average molecular weight is 233 g/mol. The van der Waals surface area contributed by atoms with Crippen LogP contribution in [0, 0.1) is 0 Å². The summed E-state index contributed by atoms with van der Waals surface area (Å²) in [5.74, 6) is -1.13. The SMILES string of the molecule is CC(O)(CNC(=O)OC(C)(C)C)CC(=O)O. The molecule has 0 aromatic carbocycles. The molecule has 6 nitrogen and oxygen atoms in total.